The van der Waals surface area contributed by atoms with Gasteiger partial charge < -0.3 is 20.5 Å². The van der Waals surface area contributed by atoms with Gasteiger partial charge in [0.2, 0.25) is 5.91 Å². The monoisotopic (exact) mass is 242 g/mol. The molecule has 3 N–H and O–H groups in total. The van der Waals surface area contributed by atoms with Gasteiger partial charge in [-0.25, -0.2) is 0 Å². The van der Waals surface area contributed by atoms with Gasteiger partial charge in [0.1, 0.15) is 0 Å². The van der Waals surface area contributed by atoms with E-state index >= 15 is 0 Å². The number of nitrogens with zero attached hydrogens (tertiary/aromatic N) is 1. The van der Waals surface area contributed by atoms with Crippen molar-refractivity contribution in [3.05, 3.63) is 0 Å². The fourth-order valence-electron chi connectivity index (χ4n) is 2.57. The van der Waals surface area contributed by atoms with Crippen molar-refractivity contribution in [1.29, 1.82) is 0 Å². The van der Waals surface area contributed by atoms with E-state index in [-0.39, 0.29) is 5.91 Å². The third-order valence-corrected chi connectivity index (χ3v) is 3.97. The number of carbonyl (C=O) groups excluding carboxylic acids is 1. The van der Waals surface area contributed by atoms with Crippen molar-refractivity contribution in [1.82, 2.24) is 4.90 Å². The van der Waals surface area contributed by atoms with E-state index in [1.165, 1.54) is 0 Å². The maximum atomic E-state index is 12.1. The molecular weight excluding hydrogens is 220 g/mol. The van der Waals surface area contributed by atoms with Crippen LogP contribution in [0.15, 0.2) is 0 Å². The lowest BCUT2D eigenvalue weighted by Gasteiger charge is -2.42. The van der Waals surface area contributed by atoms with E-state index in [0.29, 0.717) is 32.6 Å². The van der Waals surface area contributed by atoms with Crippen molar-refractivity contribution in [3.63, 3.8) is 0 Å². The molecular formula is C12H22N2O3. The molecule has 1 amide bonds. The largest absolute Gasteiger partial charge is 0.388 e. The standard InChI is InChI=1S/C12H22N2O3/c1-14(10(15)12(13)3-2-4-12)9-11(16)5-7-17-8-6-11/h16H,2-9,13H2,1H3. The lowest BCUT2D eigenvalue weighted by Crippen LogP contribution is -2.61. The van der Waals surface area contributed by atoms with Crippen molar-refractivity contribution in [2.75, 3.05) is 26.8 Å². The van der Waals surface area contributed by atoms with Crippen LogP contribution in [-0.4, -0.2) is 53.9 Å². The molecule has 17 heavy (non-hydrogen) atoms. The molecule has 5 heteroatoms. The molecule has 1 aliphatic heterocycles. The average molecular weight is 242 g/mol. The van der Waals surface area contributed by atoms with E-state index in [4.69, 9.17) is 10.5 Å². The van der Waals surface area contributed by atoms with Gasteiger partial charge in [0.05, 0.1) is 11.1 Å². The van der Waals surface area contributed by atoms with Gasteiger partial charge >= 0.3 is 0 Å². The number of hydrogen-bond donors (Lipinski definition) is 2. The molecule has 0 aromatic rings. The highest BCUT2D eigenvalue weighted by Gasteiger charge is 2.43. The molecule has 5 nitrogen and oxygen atoms in total. The van der Waals surface area contributed by atoms with Crippen molar-refractivity contribution < 1.29 is 14.6 Å². The topological polar surface area (TPSA) is 75.8 Å². The van der Waals surface area contributed by atoms with Crippen LogP contribution < -0.4 is 5.73 Å². The first kappa shape index (κ1) is 12.8. The molecule has 0 spiro atoms. The van der Waals surface area contributed by atoms with E-state index in [1.54, 1.807) is 11.9 Å². The minimum absolute atomic E-state index is 0.0383. The Morgan fingerprint density at radius 1 is 1.35 bits per heavy atom. The summed E-state index contributed by atoms with van der Waals surface area (Å²) < 4.78 is 5.22. The summed E-state index contributed by atoms with van der Waals surface area (Å²) in [5.74, 6) is -0.0383. The third-order valence-electron chi connectivity index (χ3n) is 3.97. The zero-order valence-corrected chi connectivity index (χ0v) is 10.4. The third kappa shape index (κ3) is 2.61. The highest BCUT2D eigenvalue weighted by molar-refractivity contribution is 5.87. The Morgan fingerprint density at radius 3 is 2.41 bits per heavy atom. The SMILES string of the molecule is CN(CC1(O)CCOCC1)C(=O)C1(N)CCC1. The number of nitrogens with two attached hydrogens (primary N) is 1. The fourth-order valence-corrected chi connectivity index (χ4v) is 2.57. The lowest BCUT2D eigenvalue weighted by molar-refractivity contribution is -0.145. The van der Waals surface area contributed by atoms with Crippen LogP contribution >= 0.6 is 0 Å². The number of ether oxygens (including phenoxy) is 1. The molecule has 0 aromatic heterocycles. The molecule has 1 saturated carbocycles. The van der Waals surface area contributed by atoms with Crippen LogP contribution in [0.2, 0.25) is 0 Å². The van der Waals surface area contributed by atoms with Crippen LogP contribution in [0.1, 0.15) is 32.1 Å². The van der Waals surface area contributed by atoms with Gasteiger partial charge in [0.25, 0.3) is 0 Å². The molecule has 0 atom stereocenters. The second kappa shape index (κ2) is 4.55. The summed E-state index contributed by atoms with van der Waals surface area (Å²) in [6.45, 7) is 1.48. The van der Waals surface area contributed by atoms with Crippen LogP contribution in [0.25, 0.3) is 0 Å². The van der Waals surface area contributed by atoms with E-state index in [0.717, 1.165) is 19.3 Å². The second-order valence-electron chi connectivity index (χ2n) is 5.51. The Morgan fingerprint density at radius 2 is 1.94 bits per heavy atom. The number of likely N-dealkylation sites (N-methyl/N-ethyl adjacent to an activating group) is 1. The normalized spacial score (nSPS) is 26.1. The smallest absolute Gasteiger partial charge is 0.242 e. The van der Waals surface area contributed by atoms with Crippen LogP contribution in [0.4, 0.5) is 0 Å². The summed E-state index contributed by atoms with van der Waals surface area (Å²) in [5.41, 5.74) is 4.52. The first-order valence-corrected chi connectivity index (χ1v) is 6.30. The summed E-state index contributed by atoms with van der Waals surface area (Å²) in [5, 5.41) is 10.3. The molecule has 1 aliphatic carbocycles. The van der Waals surface area contributed by atoms with Crippen LogP contribution in [-0.2, 0) is 9.53 Å². The van der Waals surface area contributed by atoms with E-state index < -0.39 is 11.1 Å². The van der Waals surface area contributed by atoms with E-state index in [9.17, 15) is 9.90 Å². The highest BCUT2D eigenvalue weighted by Crippen LogP contribution is 2.31. The molecule has 0 radical (unpaired) electrons. The predicted octanol–water partition coefficient (Wildman–Crippen LogP) is -0.132. The van der Waals surface area contributed by atoms with Gasteiger partial charge in [-0.3, -0.25) is 4.79 Å². The summed E-state index contributed by atoms with van der Waals surface area (Å²) in [7, 11) is 1.72. The van der Waals surface area contributed by atoms with E-state index in [1.807, 2.05) is 0 Å². The Balaban J connectivity index is 1.91. The minimum Gasteiger partial charge on any atom is -0.388 e. The molecule has 0 aromatic carbocycles. The molecule has 2 aliphatic rings. The minimum atomic E-state index is -0.803. The number of carbonyl (C=O) groups is 1. The Kier molecular flexibility index (Phi) is 3.43. The van der Waals surface area contributed by atoms with Gasteiger partial charge in [-0.2, -0.15) is 0 Å². The van der Waals surface area contributed by atoms with Gasteiger partial charge in [-0.05, 0) is 19.3 Å². The number of aliphatic hydroxyl groups is 1. The number of hydrogen-bond acceptors (Lipinski definition) is 4. The zero-order chi connectivity index (χ0) is 12.5. The summed E-state index contributed by atoms with van der Waals surface area (Å²) in [6.07, 6.45) is 3.72. The maximum absolute atomic E-state index is 12.1. The number of rotatable bonds is 3. The number of amides is 1. The Bertz CT molecular complexity index is 296. The quantitative estimate of drug-likeness (QED) is 0.722. The second-order valence-corrected chi connectivity index (χ2v) is 5.51. The molecule has 1 heterocycles. The first-order valence-electron chi connectivity index (χ1n) is 6.30. The van der Waals surface area contributed by atoms with E-state index in [2.05, 4.69) is 0 Å². The molecule has 2 rings (SSSR count). The molecule has 98 valence electrons. The predicted molar refractivity (Wildman–Crippen MR) is 63.4 cm³/mol. The van der Waals surface area contributed by atoms with Crippen LogP contribution in [0, 0.1) is 0 Å². The van der Waals surface area contributed by atoms with Gasteiger partial charge in [0.15, 0.2) is 0 Å². The zero-order valence-electron chi connectivity index (χ0n) is 10.4. The average Bonchev–Trinajstić information content (AvgIpc) is 2.25. The Hall–Kier alpha value is -0.650. The molecule has 0 unspecified atom stereocenters. The summed E-state index contributed by atoms with van der Waals surface area (Å²) in [6, 6.07) is 0. The van der Waals surface area contributed by atoms with Crippen LogP contribution in [0.3, 0.4) is 0 Å². The van der Waals surface area contributed by atoms with Crippen molar-refractivity contribution in [3.8, 4) is 0 Å². The summed E-state index contributed by atoms with van der Waals surface area (Å²) in [4.78, 5) is 13.7. The fraction of sp³-hybridized carbons (Fsp3) is 0.917. The van der Waals surface area contributed by atoms with Crippen LogP contribution in [0.5, 0.6) is 0 Å². The van der Waals surface area contributed by atoms with Crippen molar-refractivity contribution >= 4 is 5.91 Å². The van der Waals surface area contributed by atoms with Gasteiger partial charge in [-0.1, -0.05) is 0 Å². The highest BCUT2D eigenvalue weighted by atomic mass is 16.5. The first-order chi connectivity index (χ1) is 7.95. The molecule has 0 bridgehead atoms. The maximum Gasteiger partial charge on any atom is 0.242 e. The Labute approximate surface area is 102 Å². The summed E-state index contributed by atoms with van der Waals surface area (Å²) >= 11 is 0. The van der Waals surface area contributed by atoms with Crippen molar-refractivity contribution in [2.24, 2.45) is 5.73 Å². The van der Waals surface area contributed by atoms with Gasteiger partial charge in [0, 0.05) is 39.6 Å². The molecule has 2 fully saturated rings. The van der Waals surface area contributed by atoms with Crippen molar-refractivity contribution in [2.45, 2.75) is 43.2 Å². The lowest BCUT2D eigenvalue weighted by atomic mass is 9.76. The molecule has 1 saturated heterocycles. The van der Waals surface area contributed by atoms with Gasteiger partial charge in [-0.15, -0.1) is 0 Å².